The second-order valence-electron chi connectivity index (χ2n) is 5.28. The molecule has 1 amide bonds. The summed E-state index contributed by atoms with van der Waals surface area (Å²) >= 11 is 0. The number of nitrogen functional groups attached to an aromatic ring is 1. The highest BCUT2D eigenvalue weighted by molar-refractivity contribution is 5.97. The molecule has 5 nitrogen and oxygen atoms in total. The van der Waals surface area contributed by atoms with Gasteiger partial charge < -0.3 is 15.7 Å². The summed E-state index contributed by atoms with van der Waals surface area (Å²) in [4.78, 5) is 18.5. The fraction of sp³-hybridized carbons (Fsp3) is 0.250. The number of phenols is 1. The molecular formula is C16H17N3O2. The average Bonchev–Trinajstić information content (AvgIpc) is 3.29. The van der Waals surface area contributed by atoms with Crippen LogP contribution in [0.2, 0.25) is 0 Å². The van der Waals surface area contributed by atoms with Crippen LogP contribution in [0.25, 0.3) is 0 Å². The van der Waals surface area contributed by atoms with Crippen molar-refractivity contribution >= 4 is 11.6 Å². The number of hydrogen-bond acceptors (Lipinski definition) is 4. The number of aromatic hydroxyl groups is 1. The molecule has 1 aliphatic carbocycles. The first-order valence-electron chi connectivity index (χ1n) is 6.94. The smallest absolute Gasteiger partial charge is 0.275 e. The molecule has 1 aromatic heterocycles. The third-order valence-corrected chi connectivity index (χ3v) is 3.55. The number of anilines is 1. The standard InChI is InChI=1S/C16H17N3O2/c17-14-5-2-8-18-15(14)16(21)19(12-6-7-12)10-11-3-1-4-13(20)9-11/h1-5,8-9,12,20H,6-7,10,17H2. The number of pyridine rings is 1. The van der Waals surface area contributed by atoms with E-state index in [0.717, 1.165) is 18.4 Å². The van der Waals surface area contributed by atoms with Crippen molar-refractivity contribution in [2.24, 2.45) is 0 Å². The lowest BCUT2D eigenvalue weighted by molar-refractivity contribution is 0.0725. The Morgan fingerprint density at radius 1 is 1.33 bits per heavy atom. The van der Waals surface area contributed by atoms with Gasteiger partial charge in [0.05, 0.1) is 5.69 Å². The molecule has 21 heavy (non-hydrogen) atoms. The van der Waals surface area contributed by atoms with Crippen LogP contribution in [-0.4, -0.2) is 26.9 Å². The average molecular weight is 283 g/mol. The number of phenolic OH excluding ortho intramolecular Hbond substituents is 1. The Balaban J connectivity index is 1.85. The quantitative estimate of drug-likeness (QED) is 0.901. The molecule has 3 N–H and O–H groups in total. The van der Waals surface area contributed by atoms with E-state index in [0.29, 0.717) is 17.9 Å². The monoisotopic (exact) mass is 283 g/mol. The Morgan fingerprint density at radius 2 is 2.14 bits per heavy atom. The van der Waals surface area contributed by atoms with Crippen LogP contribution in [0.3, 0.4) is 0 Å². The van der Waals surface area contributed by atoms with Gasteiger partial charge in [-0.2, -0.15) is 0 Å². The normalized spacial score (nSPS) is 13.9. The van der Waals surface area contributed by atoms with Crippen molar-refractivity contribution < 1.29 is 9.90 Å². The lowest BCUT2D eigenvalue weighted by Gasteiger charge is -2.22. The van der Waals surface area contributed by atoms with Gasteiger partial charge in [-0.15, -0.1) is 0 Å². The zero-order chi connectivity index (χ0) is 14.8. The Morgan fingerprint density at radius 3 is 2.81 bits per heavy atom. The summed E-state index contributed by atoms with van der Waals surface area (Å²) in [6.07, 6.45) is 3.57. The number of benzene rings is 1. The highest BCUT2D eigenvalue weighted by Crippen LogP contribution is 2.30. The van der Waals surface area contributed by atoms with Crippen LogP contribution < -0.4 is 5.73 Å². The van der Waals surface area contributed by atoms with Gasteiger partial charge in [0.1, 0.15) is 5.75 Å². The molecule has 0 aliphatic heterocycles. The molecule has 2 aromatic rings. The van der Waals surface area contributed by atoms with Crippen LogP contribution in [0.1, 0.15) is 28.9 Å². The number of hydrogen-bond donors (Lipinski definition) is 2. The van der Waals surface area contributed by atoms with Crippen molar-refractivity contribution in [1.82, 2.24) is 9.88 Å². The second kappa shape index (κ2) is 5.44. The van der Waals surface area contributed by atoms with E-state index >= 15 is 0 Å². The number of carbonyl (C=O) groups is 1. The lowest BCUT2D eigenvalue weighted by atomic mass is 10.2. The van der Waals surface area contributed by atoms with E-state index in [1.807, 2.05) is 6.07 Å². The predicted octanol–water partition coefficient (Wildman–Crippen LogP) is 2.17. The number of carbonyl (C=O) groups excluding carboxylic acids is 1. The van der Waals surface area contributed by atoms with Crippen LogP contribution in [0.15, 0.2) is 42.6 Å². The first-order chi connectivity index (χ1) is 10.1. The van der Waals surface area contributed by atoms with Gasteiger partial charge in [0, 0.05) is 18.8 Å². The number of nitrogens with two attached hydrogens (primary N) is 1. The van der Waals surface area contributed by atoms with Gasteiger partial charge in [-0.25, -0.2) is 4.98 Å². The molecule has 0 saturated heterocycles. The molecule has 1 heterocycles. The highest BCUT2D eigenvalue weighted by Gasteiger charge is 2.34. The van der Waals surface area contributed by atoms with Crippen molar-refractivity contribution in [3.8, 4) is 5.75 Å². The van der Waals surface area contributed by atoms with Gasteiger partial charge in [0.15, 0.2) is 5.69 Å². The summed E-state index contributed by atoms with van der Waals surface area (Å²) in [5.74, 6) is 0.0481. The molecule has 5 heteroatoms. The first-order valence-corrected chi connectivity index (χ1v) is 6.94. The minimum absolute atomic E-state index is 0.154. The Bertz CT molecular complexity index is 668. The molecular weight excluding hydrogens is 266 g/mol. The van der Waals surface area contributed by atoms with Crippen LogP contribution in [0.5, 0.6) is 5.75 Å². The third kappa shape index (κ3) is 2.97. The number of nitrogens with zero attached hydrogens (tertiary/aromatic N) is 2. The molecule has 0 atom stereocenters. The third-order valence-electron chi connectivity index (χ3n) is 3.55. The minimum atomic E-state index is -0.154. The number of rotatable bonds is 4. The maximum atomic E-state index is 12.7. The van der Waals surface area contributed by atoms with E-state index < -0.39 is 0 Å². The predicted molar refractivity (Wildman–Crippen MR) is 79.7 cm³/mol. The zero-order valence-electron chi connectivity index (χ0n) is 11.6. The summed E-state index contributed by atoms with van der Waals surface area (Å²) in [6.45, 7) is 0.452. The molecule has 1 saturated carbocycles. The van der Waals surface area contributed by atoms with Crippen molar-refractivity contribution in [1.29, 1.82) is 0 Å². The van der Waals surface area contributed by atoms with Crippen LogP contribution in [0.4, 0.5) is 5.69 Å². The highest BCUT2D eigenvalue weighted by atomic mass is 16.3. The van der Waals surface area contributed by atoms with E-state index in [1.54, 1.807) is 41.4 Å². The van der Waals surface area contributed by atoms with E-state index in [9.17, 15) is 9.90 Å². The van der Waals surface area contributed by atoms with E-state index in [4.69, 9.17) is 5.73 Å². The van der Waals surface area contributed by atoms with Crippen LogP contribution in [-0.2, 0) is 6.54 Å². The fourth-order valence-corrected chi connectivity index (χ4v) is 2.34. The summed E-state index contributed by atoms with van der Waals surface area (Å²) < 4.78 is 0. The van der Waals surface area contributed by atoms with E-state index in [-0.39, 0.29) is 17.7 Å². The summed E-state index contributed by atoms with van der Waals surface area (Å²) in [6, 6.07) is 10.6. The maximum Gasteiger partial charge on any atom is 0.275 e. The summed E-state index contributed by atoms with van der Waals surface area (Å²) in [5, 5.41) is 9.54. The first kappa shape index (κ1) is 13.4. The second-order valence-corrected chi connectivity index (χ2v) is 5.28. The minimum Gasteiger partial charge on any atom is -0.508 e. The Hall–Kier alpha value is -2.56. The Labute approximate surface area is 123 Å². The molecule has 0 radical (unpaired) electrons. The van der Waals surface area contributed by atoms with E-state index in [1.165, 1.54) is 0 Å². The van der Waals surface area contributed by atoms with Crippen molar-refractivity contribution in [2.75, 3.05) is 5.73 Å². The van der Waals surface area contributed by atoms with Gasteiger partial charge in [-0.05, 0) is 42.7 Å². The van der Waals surface area contributed by atoms with Gasteiger partial charge in [0.2, 0.25) is 0 Å². The van der Waals surface area contributed by atoms with Crippen LogP contribution >= 0.6 is 0 Å². The lowest BCUT2D eigenvalue weighted by Crippen LogP contribution is -2.33. The van der Waals surface area contributed by atoms with Gasteiger partial charge in [-0.3, -0.25) is 4.79 Å². The molecule has 3 rings (SSSR count). The van der Waals surface area contributed by atoms with E-state index in [2.05, 4.69) is 4.98 Å². The number of aromatic nitrogens is 1. The van der Waals surface area contributed by atoms with Crippen molar-refractivity contribution in [3.63, 3.8) is 0 Å². The SMILES string of the molecule is Nc1cccnc1C(=O)N(Cc1cccc(O)c1)C1CC1. The number of amides is 1. The van der Waals surface area contributed by atoms with Gasteiger partial charge in [0.25, 0.3) is 5.91 Å². The zero-order valence-corrected chi connectivity index (χ0v) is 11.6. The molecule has 0 bridgehead atoms. The molecule has 0 unspecified atom stereocenters. The van der Waals surface area contributed by atoms with Gasteiger partial charge in [-0.1, -0.05) is 12.1 Å². The van der Waals surface area contributed by atoms with Crippen molar-refractivity contribution in [2.45, 2.75) is 25.4 Å². The summed E-state index contributed by atoms with van der Waals surface area (Å²) in [7, 11) is 0. The molecule has 1 aliphatic rings. The maximum absolute atomic E-state index is 12.7. The fourth-order valence-electron chi connectivity index (χ4n) is 2.34. The Kier molecular flexibility index (Phi) is 3.48. The topological polar surface area (TPSA) is 79.5 Å². The largest absolute Gasteiger partial charge is 0.508 e. The molecule has 1 aromatic carbocycles. The van der Waals surface area contributed by atoms with Crippen LogP contribution in [0, 0.1) is 0 Å². The molecule has 0 spiro atoms. The van der Waals surface area contributed by atoms with Crippen molar-refractivity contribution in [3.05, 3.63) is 53.9 Å². The van der Waals surface area contributed by atoms with Gasteiger partial charge >= 0.3 is 0 Å². The summed E-state index contributed by atoms with van der Waals surface area (Å²) in [5.41, 5.74) is 7.43. The molecule has 1 fully saturated rings. The molecule has 108 valence electrons.